The van der Waals surface area contributed by atoms with Crippen molar-refractivity contribution in [3.8, 4) is 0 Å². The number of nitrogens with one attached hydrogen (secondary N) is 2. The zero-order valence-electron chi connectivity index (χ0n) is 10.5. The standard InChI is InChI=1S/C12H10BrF3N4O/c13-9-2-1-7(12(14,15)16)5-8(9)11(21)17-4-3-10-18-6-19-20-10/h1-2,5-6H,3-4H2,(H,17,21)(H,18,19,20). The Bertz CT molecular complexity index is 628. The summed E-state index contributed by atoms with van der Waals surface area (Å²) in [5.41, 5.74) is -0.937. The van der Waals surface area contributed by atoms with Gasteiger partial charge in [0.05, 0.1) is 11.1 Å². The summed E-state index contributed by atoms with van der Waals surface area (Å²) in [7, 11) is 0. The van der Waals surface area contributed by atoms with Gasteiger partial charge in [0.2, 0.25) is 0 Å². The van der Waals surface area contributed by atoms with Crippen LogP contribution in [0.1, 0.15) is 21.7 Å². The molecular weight excluding hydrogens is 353 g/mol. The molecular formula is C12H10BrF3N4O. The van der Waals surface area contributed by atoms with E-state index in [9.17, 15) is 18.0 Å². The van der Waals surface area contributed by atoms with Gasteiger partial charge in [-0.1, -0.05) is 0 Å². The predicted octanol–water partition coefficient (Wildman–Crippen LogP) is 2.56. The van der Waals surface area contributed by atoms with Crippen molar-refractivity contribution in [1.29, 1.82) is 0 Å². The molecule has 2 aromatic rings. The van der Waals surface area contributed by atoms with Gasteiger partial charge in [-0.3, -0.25) is 9.89 Å². The number of halogens is 4. The van der Waals surface area contributed by atoms with Crippen LogP contribution in [-0.4, -0.2) is 27.6 Å². The van der Waals surface area contributed by atoms with E-state index in [1.807, 2.05) is 0 Å². The summed E-state index contributed by atoms with van der Waals surface area (Å²) in [5.74, 6) is -0.00843. The highest BCUT2D eigenvalue weighted by Gasteiger charge is 2.31. The summed E-state index contributed by atoms with van der Waals surface area (Å²) in [6, 6.07) is 2.93. The molecule has 0 radical (unpaired) electrons. The van der Waals surface area contributed by atoms with Crippen LogP contribution in [0.3, 0.4) is 0 Å². The van der Waals surface area contributed by atoms with E-state index in [4.69, 9.17) is 0 Å². The fourth-order valence-corrected chi connectivity index (χ4v) is 2.04. The van der Waals surface area contributed by atoms with Crippen LogP contribution in [0, 0.1) is 0 Å². The number of carbonyl (C=O) groups is 1. The first-order valence-corrected chi connectivity index (χ1v) is 6.66. The first-order chi connectivity index (χ1) is 9.88. The summed E-state index contributed by atoms with van der Waals surface area (Å²) in [6.07, 6.45) is -2.75. The Morgan fingerprint density at radius 1 is 1.38 bits per heavy atom. The number of hydrogen-bond donors (Lipinski definition) is 2. The van der Waals surface area contributed by atoms with E-state index in [2.05, 4.69) is 36.4 Å². The highest BCUT2D eigenvalue weighted by atomic mass is 79.9. The van der Waals surface area contributed by atoms with E-state index in [1.54, 1.807) is 0 Å². The van der Waals surface area contributed by atoms with Gasteiger partial charge in [-0.15, -0.1) is 0 Å². The molecule has 112 valence electrons. The van der Waals surface area contributed by atoms with Crippen molar-refractivity contribution in [2.75, 3.05) is 6.54 Å². The second-order valence-corrected chi connectivity index (χ2v) is 4.98. The van der Waals surface area contributed by atoms with Gasteiger partial charge in [0.1, 0.15) is 12.2 Å². The molecule has 21 heavy (non-hydrogen) atoms. The number of benzene rings is 1. The zero-order valence-corrected chi connectivity index (χ0v) is 12.1. The van der Waals surface area contributed by atoms with Crippen LogP contribution in [0.25, 0.3) is 0 Å². The molecule has 2 N–H and O–H groups in total. The van der Waals surface area contributed by atoms with E-state index >= 15 is 0 Å². The Morgan fingerprint density at radius 3 is 2.76 bits per heavy atom. The Kier molecular flexibility index (Phi) is 4.61. The van der Waals surface area contributed by atoms with Gasteiger partial charge in [0, 0.05) is 17.4 Å². The number of nitrogens with zero attached hydrogens (tertiary/aromatic N) is 2. The maximum Gasteiger partial charge on any atom is 0.416 e. The van der Waals surface area contributed by atoms with Crippen molar-refractivity contribution < 1.29 is 18.0 Å². The van der Waals surface area contributed by atoms with Gasteiger partial charge < -0.3 is 5.32 Å². The molecule has 2 rings (SSSR count). The lowest BCUT2D eigenvalue weighted by molar-refractivity contribution is -0.137. The van der Waals surface area contributed by atoms with Crippen LogP contribution in [-0.2, 0) is 12.6 Å². The molecule has 5 nitrogen and oxygen atoms in total. The molecule has 0 aliphatic rings. The van der Waals surface area contributed by atoms with Crippen LogP contribution < -0.4 is 5.32 Å². The molecule has 1 aromatic carbocycles. The molecule has 1 heterocycles. The fraction of sp³-hybridized carbons (Fsp3) is 0.250. The summed E-state index contributed by atoms with van der Waals surface area (Å²) in [5, 5.41) is 8.80. The van der Waals surface area contributed by atoms with Crippen LogP contribution in [0.2, 0.25) is 0 Å². The van der Waals surface area contributed by atoms with Crippen LogP contribution in [0.4, 0.5) is 13.2 Å². The third-order valence-electron chi connectivity index (χ3n) is 2.65. The number of alkyl halides is 3. The van der Waals surface area contributed by atoms with Crippen molar-refractivity contribution in [3.05, 3.63) is 46.0 Å². The minimum Gasteiger partial charge on any atom is -0.352 e. The Labute approximate surface area is 126 Å². The second-order valence-electron chi connectivity index (χ2n) is 4.13. The lowest BCUT2D eigenvalue weighted by Crippen LogP contribution is -2.26. The summed E-state index contributed by atoms with van der Waals surface area (Å²) in [6.45, 7) is 0.233. The number of hydrogen-bond acceptors (Lipinski definition) is 3. The van der Waals surface area contributed by atoms with Crippen LogP contribution in [0.5, 0.6) is 0 Å². The monoisotopic (exact) mass is 362 g/mol. The molecule has 9 heteroatoms. The molecule has 0 aliphatic heterocycles. The lowest BCUT2D eigenvalue weighted by Gasteiger charge is -2.10. The molecule has 0 saturated carbocycles. The second kappa shape index (κ2) is 6.25. The highest BCUT2D eigenvalue weighted by Crippen LogP contribution is 2.31. The summed E-state index contributed by atoms with van der Waals surface area (Å²) < 4.78 is 38.2. The maximum absolute atomic E-state index is 12.6. The molecule has 0 bridgehead atoms. The average Bonchev–Trinajstić information content (AvgIpc) is 2.91. The molecule has 0 unspecified atom stereocenters. The largest absolute Gasteiger partial charge is 0.416 e. The van der Waals surface area contributed by atoms with Crippen molar-refractivity contribution in [1.82, 2.24) is 20.5 Å². The van der Waals surface area contributed by atoms with E-state index in [1.165, 1.54) is 12.4 Å². The number of amides is 1. The number of rotatable bonds is 4. The first kappa shape index (κ1) is 15.5. The van der Waals surface area contributed by atoms with Crippen molar-refractivity contribution in [2.24, 2.45) is 0 Å². The Balaban J connectivity index is 2.04. The summed E-state index contributed by atoms with van der Waals surface area (Å²) in [4.78, 5) is 15.8. The average molecular weight is 363 g/mol. The van der Waals surface area contributed by atoms with Gasteiger partial charge >= 0.3 is 6.18 Å². The lowest BCUT2D eigenvalue weighted by atomic mass is 10.1. The van der Waals surface area contributed by atoms with Crippen LogP contribution in [0.15, 0.2) is 29.0 Å². The van der Waals surface area contributed by atoms with E-state index < -0.39 is 17.6 Å². The molecule has 0 spiro atoms. The van der Waals surface area contributed by atoms with Crippen molar-refractivity contribution in [2.45, 2.75) is 12.6 Å². The van der Waals surface area contributed by atoms with Crippen molar-refractivity contribution >= 4 is 21.8 Å². The van der Waals surface area contributed by atoms with E-state index in [0.29, 0.717) is 16.7 Å². The van der Waals surface area contributed by atoms with Crippen molar-refractivity contribution in [3.63, 3.8) is 0 Å². The van der Waals surface area contributed by atoms with Gasteiger partial charge in [-0.25, -0.2) is 4.98 Å². The molecule has 0 aliphatic carbocycles. The molecule has 0 saturated heterocycles. The van der Waals surface area contributed by atoms with Gasteiger partial charge in [-0.05, 0) is 34.1 Å². The Hall–Kier alpha value is -1.90. The van der Waals surface area contributed by atoms with E-state index in [-0.39, 0.29) is 12.1 Å². The maximum atomic E-state index is 12.6. The Morgan fingerprint density at radius 2 is 2.14 bits per heavy atom. The summed E-state index contributed by atoms with van der Waals surface area (Å²) >= 11 is 3.07. The molecule has 0 fully saturated rings. The molecule has 1 aromatic heterocycles. The minimum atomic E-state index is -4.49. The fourth-order valence-electron chi connectivity index (χ4n) is 1.62. The topological polar surface area (TPSA) is 70.7 Å². The van der Waals surface area contributed by atoms with E-state index in [0.717, 1.165) is 12.1 Å². The first-order valence-electron chi connectivity index (χ1n) is 5.87. The normalized spacial score (nSPS) is 11.4. The molecule has 1 amide bonds. The zero-order chi connectivity index (χ0) is 15.5. The van der Waals surface area contributed by atoms with Gasteiger partial charge in [0.15, 0.2) is 0 Å². The number of aromatic amines is 1. The quantitative estimate of drug-likeness (QED) is 0.877. The third kappa shape index (κ3) is 4.03. The number of H-pyrrole nitrogens is 1. The molecule has 0 atom stereocenters. The van der Waals surface area contributed by atoms with Crippen LogP contribution >= 0.6 is 15.9 Å². The number of carbonyl (C=O) groups excluding carboxylic acids is 1. The number of aromatic nitrogens is 3. The third-order valence-corrected chi connectivity index (χ3v) is 3.34. The smallest absolute Gasteiger partial charge is 0.352 e. The van der Waals surface area contributed by atoms with Gasteiger partial charge in [-0.2, -0.15) is 18.3 Å². The minimum absolute atomic E-state index is 0.0672. The highest BCUT2D eigenvalue weighted by molar-refractivity contribution is 9.10. The SMILES string of the molecule is O=C(NCCc1ncn[nH]1)c1cc(C(F)(F)F)ccc1Br. The van der Waals surface area contributed by atoms with Gasteiger partial charge in [0.25, 0.3) is 5.91 Å². The predicted molar refractivity (Wildman–Crippen MR) is 71.6 cm³/mol.